The SMILES string of the molecule is CCCCCCN(CCN1CCOCC1)C(=O)c1cc(Br)cnc1Cl. The number of hydrogen-bond donors (Lipinski definition) is 0. The minimum atomic E-state index is -0.0384. The zero-order chi connectivity index (χ0) is 18.1. The first kappa shape index (κ1) is 20.6. The van der Waals surface area contributed by atoms with Crippen molar-refractivity contribution in [2.75, 3.05) is 45.9 Å². The number of pyridine rings is 1. The molecule has 0 aromatic carbocycles. The molecule has 1 aliphatic rings. The van der Waals surface area contributed by atoms with Crippen LogP contribution in [0.4, 0.5) is 0 Å². The molecule has 0 aliphatic carbocycles. The fourth-order valence-electron chi connectivity index (χ4n) is 2.87. The summed E-state index contributed by atoms with van der Waals surface area (Å²) in [5.74, 6) is -0.0384. The van der Waals surface area contributed by atoms with E-state index in [2.05, 4.69) is 32.7 Å². The standard InChI is InChI=1S/C18H27BrClN3O2/c1-2-3-4-5-6-23(8-7-22-9-11-25-12-10-22)18(24)16-13-15(19)14-21-17(16)20/h13-14H,2-12H2,1H3. The van der Waals surface area contributed by atoms with Gasteiger partial charge in [0, 0.05) is 43.4 Å². The largest absolute Gasteiger partial charge is 0.379 e. The third kappa shape index (κ3) is 6.85. The highest BCUT2D eigenvalue weighted by Gasteiger charge is 2.21. The second-order valence-electron chi connectivity index (χ2n) is 6.30. The lowest BCUT2D eigenvalue weighted by Crippen LogP contribution is -2.43. The zero-order valence-corrected chi connectivity index (χ0v) is 17.2. The van der Waals surface area contributed by atoms with Gasteiger partial charge in [-0.15, -0.1) is 0 Å². The number of rotatable bonds is 9. The van der Waals surface area contributed by atoms with Gasteiger partial charge in [0.2, 0.25) is 0 Å². The fourth-order valence-corrected chi connectivity index (χ4v) is 3.39. The number of amides is 1. The van der Waals surface area contributed by atoms with E-state index in [-0.39, 0.29) is 11.1 Å². The molecule has 2 heterocycles. The first-order chi connectivity index (χ1) is 12.1. The van der Waals surface area contributed by atoms with Gasteiger partial charge >= 0.3 is 0 Å². The summed E-state index contributed by atoms with van der Waals surface area (Å²) in [5, 5.41) is 0.262. The van der Waals surface area contributed by atoms with Gasteiger partial charge in [-0.2, -0.15) is 0 Å². The van der Waals surface area contributed by atoms with Gasteiger partial charge in [0.25, 0.3) is 5.91 Å². The lowest BCUT2D eigenvalue weighted by molar-refractivity contribution is 0.0324. The van der Waals surface area contributed by atoms with Crippen molar-refractivity contribution in [3.05, 3.63) is 27.5 Å². The van der Waals surface area contributed by atoms with Crippen LogP contribution in [0.1, 0.15) is 43.0 Å². The summed E-state index contributed by atoms with van der Waals surface area (Å²) in [7, 11) is 0. The Labute approximate surface area is 163 Å². The van der Waals surface area contributed by atoms with E-state index in [0.717, 1.165) is 56.7 Å². The first-order valence-electron chi connectivity index (χ1n) is 9.02. The molecule has 7 heteroatoms. The highest BCUT2D eigenvalue weighted by Crippen LogP contribution is 2.20. The van der Waals surface area contributed by atoms with Gasteiger partial charge < -0.3 is 9.64 Å². The van der Waals surface area contributed by atoms with Gasteiger partial charge in [-0.1, -0.05) is 37.8 Å². The lowest BCUT2D eigenvalue weighted by atomic mass is 10.2. The Morgan fingerprint density at radius 1 is 1.32 bits per heavy atom. The monoisotopic (exact) mass is 431 g/mol. The van der Waals surface area contributed by atoms with Crippen LogP contribution in [0.25, 0.3) is 0 Å². The van der Waals surface area contributed by atoms with Crippen molar-refractivity contribution in [1.29, 1.82) is 0 Å². The molecule has 0 radical (unpaired) electrons. The number of nitrogens with zero attached hydrogens (tertiary/aromatic N) is 3. The molecular weight excluding hydrogens is 406 g/mol. The van der Waals surface area contributed by atoms with Crippen molar-refractivity contribution < 1.29 is 9.53 Å². The average molecular weight is 433 g/mol. The van der Waals surface area contributed by atoms with Gasteiger partial charge in [0.05, 0.1) is 18.8 Å². The summed E-state index contributed by atoms with van der Waals surface area (Å²) in [5.41, 5.74) is 0.466. The van der Waals surface area contributed by atoms with E-state index >= 15 is 0 Å². The van der Waals surface area contributed by atoms with Crippen LogP contribution in [-0.2, 0) is 4.74 Å². The Kier molecular flexibility index (Phi) is 9.17. The Morgan fingerprint density at radius 3 is 2.80 bits per heavy atom. The summed E-state index contributed by atoms with van der Waals surface area (Å²) in [4.78, 5) is 21.3. The van der Waals surface area contributed by atoms with Crippen LogP contribution in [0.15, 0.2) is 16.7 Å². The maximum atomic E-state index is 13.0. The normalized spacial score (nSPS) is 15.3. The predicted octanol–water partition coefficient (Wildman–Crippen LogP) is 3.85. The number of aromatic nitrogens is 1. The zero-order valence-electron chi connectivity index (χ0n) is 14.8. The minimum absolute atomic E-state index is 0.0384. The topological polar surface area (TPSA) is 45.7 Å². The molecule has 0 N–H and O–H groups in total. The Bertz CT molecular complexity index is 553. The smallest absolute Gasteiger partial charge is 0.257 e. The molecule has 0 spiro atoms. The van der Waals surface area contributed by atoms with Crippen molar-refractivity contribution in [3.63, 3.8) is 0 Å². The van der Waals surface area contributed by atoms with Crippen molar-refractivity contribution in [3.8, 4) is 0 Å². The van der Waals surface area contributed by atoms with Gasteiger partial charge in [-0.3, -0.25) is 9.69 Å². The van der Waals surface area contributed by atoms with E-state index < -0.39 is 0 Å². The lowest BCUT2D eigenvalue weighted by Gasteiger charge is -2.30. The summed E-state index contributed by atoms with van der Waals surface area (Å²) >= 11 is 9.54. The highest BCUT2D eigenvalue weighted by atomic mass is 79.9. The number of halogens is 2. The van der Waals surface area contributed by atoms with Crippen LogP contribution < -0.4 is 0 Å². The molecule has 0 bridgehead atoms. The summed E-state index contributed by atoms with van der Waals surface area (Å²) in [6.07, 6.45) is 6.15. The molecule has 1 saturated heterocycles. The van der Waals surface area contributed by atoms with Crippen LogP contribution in [0.3, 0.4) is 0 Å². The molecule has 2 rings (SSSR count). The van der Waals surface area contributed by atoms with Gasteiger partial charge in [-0.25, -0.2) is 4.98 Å². The number of unbranched alkanes of at least 4 members (excludes halogenated alkanes) is 3. The van der Waals surface area contributed by atoms with Gasteiger partial charge in [0.1, 0.15) is 5.15 Å². The number of carbonyl (C=O) groups is 1. The van der Waals surface area contributed by atoms with Crippen LogP contribution >= 0.6 is 27.5 Å². The summed E-state index contributed by atoms with van der Waals surface area (Å²) < 4.78 is 6.15. The van der Waals surface area contributed by atoms with Crippen LogP contribution in [0.5, 0.6) is 0 Å². The molecule has 0 unspecified atom stereocenters. The van der Waals surface area contributed by atoms with Crippen molar-refractivity contribution in [2.45, 2.75) is 32.6 Å². The van der Waals surface area contributed by atoms with E-state index in [1.807, 2.05) is 4.90 Å². The van der Waals surface area contributed by atoms with Crippen LogP contribution in [0, 0.1) is 0 Å². The molecular formula is C18H27BrClN3O2. The maximum absolute atomic E-state index is 13.0. The molecule has 0 saturated carbocycles. The predicted molar refractivity (Wildman–Crippen MR) is 104 cm³/mol. The Balaban J connectivity index is 2.00. The van der Waals surface area contributed by atoms with Crippen molar-refractivity contribution >= 4 is 33.4 Å². The number of carbonyl (C=O) groups excluding carboxylic acids is 1. The van der Waals surface area contributed by atoms with Crippen molar-refractivity contribution in [2.24, 2.45) is 0 Å². The van der Waals surface area contributed by atoms with E-state index in [9.17, 15) is 4.79 Å². The molecule has 140 valence electrons. The fraction of sp³-hybridized carbons (Fsp3) is 0.667. The highest BCUT2D eigenvalue weighted by molar-refractivity contribution is 9.10. The molecule has 0 atom stereocenters. The number of hydrogen-bond acceptors (Lipinski definition) is 4. The van der Waals surface area contributed by atoms with E-state index in [0.29, 0.717) is 12.1 Å². The Hall–Kier alpha value is -0.690. The van der Waals surface area contributed by atoms with E-state index in [1.54, 1.807) is 12.3 Å². The first-order valence-corrected chi connectivity index (χ1v) is 10.2. The second kappa shape index (κ2) is 11.1. The number of morpholine rings is 1. The summed E-state index contributed by atoms with van der Waals surface area (Å²) in [6.45, 7) is 7.90. The molecule has 1 fully saturated rings. The maximum Gasteiger partial charge on any atom is 0.257 e. The average Bonchev–Trinajstić information content (AvgIpc) is 2.63. The molecule has 1 aromatic heterocycles. The quantitative estimate of drug-likeness (QED) is 0.439. The van der Waals surface area contributed by atoms with E-state index in [4.69, 9.17) is 16.3 Å². The second-order valence-corrected chi connectivity index (χ2v) is 7.57. The summed E-state index contributed by atoms with van der Waals surface area (Å²) in [6, 6.07) is 1.76. The molecule has 5 nitrogen and oxygen atoms in total. The van der Waals surface area contributed by atoms with Crippen LogP contribution in [0.2, 0.25) is 5.15 Å². The minimum Gasteiger partial charge on any atom is -0.379 e. The molecule has 1 amide bonds. The number of ether oxygens (including phenoxy) is 1. The molecule has 1 aromatic rings. The van der Waals surface area contributed by atoms with Crippen LogP contribution in [-0.4, -0.2) is 66.6 Å². The third-order valence-electron chi connectivity index (χ3n) is 4.39. The van der Waals surface area contributed by atoms with Gasteiger partial charge in [-0.05, 0) is 28.4 Å². The molecule has 25 heavy (non-hydrogen) atoms. The van der Waals surface area contributed by atoms with Crippen molar-refractivity contribution in [1.82, 2.24) is 14.8 Å². The molecule has 1 aliphatic heterocycles. The van der Waals surface area contributed by atoms with E-state index in [1.165, 1.54) is 12.8 Å². The van der Waals surface area contributed by atoms with Gasteiger partial charge in [0.15, 0.2) is 0 Å². The third-order valence-corrected chi connectivity index (χ3v) is 5.13. The Morgan fingerprint density at radius 2 is 2.08 bits per heavy atom.